The van der Waals surface area contributed by atoms with E-state index in [-0.39, 0.29) is 11.4 Å². The number of thiazole rings is 1. The van der Waals surface area contributed by atoms with Gasteiger partial charge in [0.05, 0.1) is 4.70 Å². The van der Waals surface area contributed by atoms with Crippen LogP contribution in [0.1, 0.15) is 20.8 Å². The first-order valence-corrected chi connectivity index (χ1v) is 10.5. The molecule has 0 aliphatic heterocycles. The third-order valence-electron chi connectivity index (χ3n) is 4.73. The van der Waals surface area contributed by atoms with Gasteiger partial charge in [-0.2, -0.15) is 10.5 Å². The molecule has 140 valence electrons. The van der Waals surface area contributed by atoms with Gasteiger partial charge in [-0.25, -0.2) is 4.98 Å². The second-order valence-corrected chi connectivity index (χ2v) is 8.58. The molecule has 7 heteroatoms. The van der Waals surface area contributed by atoms with Crippen molar-refractivity contribution in [2.45, 2.75) is 0 Å². The fraction of sp³-hybridized carbons (Fsp3) is 0. The Kier molecular flexibility index (Phi) is 4.33. The molecule has 0 saturated carbocycles. The van der Waals surface area contributed by atoms with Gasteiger partial charge in [0, 0.05) is 39.5 Å². The summed E-state index contributed by atoms with van der Waals surface area (Å²) >= 11 is 3.03. The van der Waals surface area contributed by atoms with Crippen molar-refractivity contribution < 1.29 is 4.79 Å². The van der Waals surface area contributed by atoms with Crippen LogP contribution >= 0.6 is 22.7 Å². The third-order valence-corrected chi connectivity index (χ3v) is 6.89. The first kappa shape index (κ1) is 18.1. The standard InChI is InChI=1S/C23H10N4OS2/c24-10-14(11-25)20-16-5-1-2-6-17(16)21(28)18(20)8-15-9-19-23(29-15)27-22(30-19)13-4-3-7-26-12-13/h1-9,12H/b18-8-. The number of nitriles is 2. The Morgan fingerprint density at radius 3 is 2.53 bits per heavy atom. The van der Waals surface area contributed by atoms with Gasteiger partial charge in [0.1, 0.15) is 27.5 Å². The van der Waals surface area contributed by atoms with E-state index in [4.69, 9.17) is 0 Å². The lowest BCUT2D eigenvalue weighted by atomic mass is 9.99. The zero-order chi connectivity index (χ0) is 20.7. The van der Waals surface area contributed by atoms with Crippen molar-refractivity contribution in [1.82, 2.24) is 9.97 Å². The predicted molar refractivity (Wildman–Crippen MR) is 118 cm³/mol. The van der Waals surface area contributed by atoms with Gasteiger partial charge in [-0.05, 0) is 29.8 Å². The normalized spacial score (nSPS) is 14.0. The van der Waals surface area contributed by atoms with Crippen molar-refractivity contribution in [3.05, 3.63) is 82.0 Å². The molecule has 5 rings (SSSR count). The lowest BCUT2D eigenvalue weighted by Crippen LogP contribution is -1.95. The molecule has 0 unspecified atom stereocenters. The van der Waals surface area contributed by atoms with Gasteiger partial charge in [-0.1, -0.05) is 24.3 Å². The van der Waals surface area contributed by atoms with E-state index in [0.717, 1.165) is 25.0 Å². The van der Waals surface area contributed by atoms with Crippen LogP contribution in [0.25, 0.3) is 31.8 Å². The summed E-state index contributed by atoms with van der Waals surface area (Å²) in [6.07, 6.45) is 5.26. The number of rotatable bonds is 2. The van der Waals surface area contributed by atoms with Gasteiger partial charge in [-0.15, -0.1) is 22.7 Å². The molecule has 0 fully saturated rings. The average Bonchev–Trinajstić information content (AvgIpc) is 3.42. The average molecular weight is 422 g/mol. The zero-order valence-corrected chi connectivity index (χ0v) is 16.9. The minimum atomic E-state index is -0.177. The number of nitrogens with zero attached hydrogens (tertiary/aromatic N) is 4. The molecule has 4 aromatic rings. The maximum atomic E-state index is 13.0. The molecule has 3 heterocycles. The molecule has 0 bridgehead atoms. The lowest BCUT2D eigenvalue weighted by molar-refractivity contribution is 0.104. The number of pyridine rings is 1. The number of aromatic nitrogens is 2. The van der Waals surface area contributed by atoms with Crippen LogP contribution in [0.15, 0.2) is 66.0 Å². The van der Waals surface area contributed by atoms with Gasteiger partial charge in [0.25, 0.3) is 0 Å². The Hall–Kier alpha value is -3.91. The van der Waals surface area contributed by atoms with Crippen molar-refractivity contribution in [2.75, 3.05) is 0 Å². The summed E-state index contributed by atoms with van der Waals surface area (Å²) in [4.78, 5) is 23.6. The van der Waals surface area contributed by atoms with E-state index in [1.165, 1.54) is 11.3 Å². The highest BCUT2D eigenvalue weighted by Crippen LogP contribution is 2.41. The summed E-state index contributed by atoms with van der Waals surface area (Å²) in [7, 11) is 0. The molecular formula is C23H10N4OS2. The van der Waals surface area contributed by atoms with E-state index in [0.29, 0.717) is 22.3 Å². The Bertz CT molecular complexity index is 1430. The first-order valence-electron chi connectivity index (χ1n) is 8.91. The molecule has 1 aliphatic carbocycles. The van der Waals surface area contributed by atoms with Crippen molar-refractivity contribution >= 4 is 49.6 Å². The van der Waals surface area contributed by atoms with Crippen LogP contribution in [0.2, 0.25) is 0 Å². The molecule has 0 atom stereocenters. The molecule has 0 amide bonds. The molecule has 1 aromatic carbocycles. The van der Waals surface area contributed by atoms with E-state index in [1.54, 1.807) is 54.1 Å². The maximum absolute atomic E-state index is 13.0. The van der Waals surface area contributed by atoms with Gasteiger partial charge in [-0.3, -0.25) is 9.78 Å². The highest BCUT2D eigenvalue weighted by molar-refractivity contribution is 7.29. The summed E-state index contributed by atoms with van der Waals surface area (Å²) in [6, 6.07) is 16.8. The fourth-order valence-electron chi connectivity index (χ4n) is 3.43. The van der Waals surface area contributed by atoms with Crippen molar-refractivity contribution in [1.29, 1.82) is 10.5 Å². The molecule has 1 aliphatic rings. The number of fused-ring (bicyclic) bond motifs is 2. The van der Waals surface area contributed by atoms with E-state index in [2.05, 4.69) is 9.97 Å². The van der Waals surface area contributed by atoms with Crippen molar-refractivity contribution in [3.8, 4) is 22.7 Å². The molecule has 5 nitrogen and oxygen atoms in total. The molecule has 0 spiro atoms. The third kappa shape index (κ3) is 2.85. The van der Waals surface area contributed by atoms with Crippen LogP contribution in [0.4, 0.5) is 0 Å². The topological polar surface area (TPSA) is 90.4 Å². The summed E-state index contributed by atoms with van der Waals surface area (Å²) in [5.41, 5.74) is 2.82. The molecular weight excluding hydrogens is 412 g/mol. The van der Waals surface area contributed by atoms with E-state index >= 15 is 0 Å². The SMILES string of the molecule is N#CC(C#N)=C1/C(=C/c2cc3sc(-c4cccnc4)nc3s2)C(=O)c2ccccc21. The van der Waals surface area contributed by atoms with E-state index in [9.17, 15) is 15.3 Å². The summed E-state index contributed by atoms with van der Waals surface area (Å²) < 4.78 is 1.01. The van der Waals surface area contributed by atoms with Gasteiger partial charge < -0.3 is 0 Å². The van der Waals surface area contributed by atoms with E-state index < -0.39 is 0 Å². The quantitative estimate of drug-likeness (QED) is 0.314. The van der Waals surface area contributed by atoms with Crippen molar-refractivity contribution in [2.24, 2.45) is 0 Å². The highest BCUT2D eigenvalue weighted by Gasteiger charge is 2.32. The Balaban J connectivity index is 1.62. The fourth-order valence-corrected chi connectivity index (χ4v) is 5.58. The molecule has 0 radical (unpaired) electrons. The molecule has 3 aromatic heterocycles. The number of ketones is 1. The molecule has 0 saturated heterocycles. The van der Waals surface area contributed by atoms with Crippen LogP contribution in [0, 0.1) is 22.7 Å². The van der Waals surface area contributed by atoms with Crippen LogP contribution in [0.3, 0.4) is 0 Å². The second kappa shape index (κ2) is 7.16. The second-order valence-electron chi connectivity index (χ2n) is 6.49. The predicted octanol–water partition coefficient (Wildman–Crippen LogP) is 5.50. The largest absolute Gasteiger partial charge is 0.289 e. The summed E-state index contributed by atoms with van der Waals surface area (Å²) in [5, 5.41) is 19.7. The monoisotopic (exact) mass is 422 g/mol. The van der Waals surface area contributed by atoms with Crippen LogP contribution in [-0.2, 0) is 0 Å². The zero-order valence-electron chi connectivity index (χ0n) is 15.3. The van der Waals surface area contributed by atoms with E-state index in [1.807, 2.05) is 30.3 Å². The molecule has 0 N–H and O–H groups in total. The maximum Gasteiger partial charge on any atom is 0.194 e. The lowest BCUT2D eigenvalue weighted by Gasteiger charge is -2.01. The Labute approximate surface area is 179 Å². The Morgan fingerprint density at radius 1 is 1.03 bits per heavy atom. The number of hydrogen-bond donors (Lipinski definition) is 0. The number of thiophene rings is 1. The number of Topliss-reactive ketones (excluding diaryl/α,β-unsaturated/α-hetero) is 1. The first-order chi connectivity index (χ1) is 14.7. The van der Waals surface area contributed by atoms with Gasteiger partial charge in [0.2, 0.25) is 0 Å². The number of carbonyl (C=O) groups is 1. The Morgan fingerprint density at radius 2 is 1.83 bits per heavy atom. The number of hydrogen-bond acceptors (Lipinski definition) is 7. The number of benzene rings is 1. The minimum Gasteiger partial charge on any atom is -0.289 e. The van der Waals surface area contributed by atoms with Crippen molar-refractivity contribution in [3.63, 3.8) is 0 Å². The number of carbonyl (C=O) groups excluding carboxylic acids is 1. The van der Waals surface area contributed by atoms with Crippen LogP contribution < -0.4 is 0 Å². The molecule has 30 heavy (non-hydrogen) atoms. The summed E-state index contributed by atoms with van der Waals surface area (Å²) in [5.74, 6) is -0.177. The minimum absolute atomic E-state index is 0.0603. The van der Waals surface area contributed by atoms with Crippen LogP contribution in [-0.4, -0.2) is 15.8 Å². The summed E-state index contributed by atoms with van der Waals surface area (Å²) in [6.45, 7) is 0. The highest BCUT2D eigenvalue weighted by atomic mass is 32.1. The smallest absolute Gasteiger partial charge is 0.194 e. The number of allylic oxidation sites excluding steroid dienone is 3. The van der Waals surface area contributed by atoms with Gasteiger partial charge >= 0.3 is 0 Å². The van der Waals surface area contributed by atoms with Crippen LogP contribution in [0.5, 0.6) is 0 Å². The van der Waals surface area contributed by atoms with Gasteiger partial charge in [0.15, 0.2) is 5.78 Å².